The largest absolute Gasteiger partial charge is 0.315 e. The maximum absolute atomic E-state index is 5.97. The SMILES string of the molecule is Cc1nn(C(C)CNCCC(C)C)cc1Cl. The Kier molecular flexibility index (Phi) is 5.29. The molecular formula is C12H22ClN3. The summed E-state index contributed by atoms with van der Waals surface area (Å²) in [6.07, 6.45) is 3.11. The Morgan fingerprint density at radius 2 is 2.12 bits per heavy atom. The predicted molar refractivity (Wildman–Crippen MR) is 69.0 cm³/mol. The smallest absolute Gasteiger partial charge is 0.0815 e. The highest BCUT2D eigenvalue weighted by Crippen LogP contribution is 2.15. The van der Waals surface area contributed by atoms with Crippen molar-refractivity contribution in [2.45, 2.75) is 40.2 Å². The molecule has 0 saturated heterocycles. The molecule has 1 heterocycles. The first kappa shape index (κ1) is 13.5. The van der Waals surface area contributed by atoms with E-state index >= 15 is 0 Å². The van der Waals surface area contributed by atoms with Crippen LogP contribution >= 0.6 is 11.6 Å². The zero-order valence-electron chi connectivity index (χ0n) is 10.6. The summed E-state index contributed by atoms with van der Waals surface area (Å²) < 4.78 is 1.93. The van der Waals surface area contributed by atoms with Crippen LogP contribution in [-0.4, -0.2) is 22.9 Å². The van der Waals surface area contributed by atoms with Crippen molar-refractivity contribution in [2.75, 3.05) is 13.1 Å². The number of halogens is 1. The first-order chi connectivity index (χ1) is 7.50. The lowest BCUT2D eigenvalue weighted by molar-refractivity contribution is 0.437. The maximum atomic E-state index is 5.97. The van der Waals surface area contributed by atoms with Crippen LogP contribution in [0.2, 0.25) is 5.02 Å². The van der Waals surface area contributed by atoms with E-state index in [9.17, 15) is 0 Å². The van der Waals surface area contributed by atoms with E-state index in [2.05, 4.69) is 31.2 Å². The third kappa shape index (κ3) is 4.14. The van der Waals surface area contributed by atoms with E-state index in [-0.39, 0.29) is 0 Å². The lowest BCUT2D eigenvalue weighted by Gasteiger charge is -2.13. The van der Waals surface area contributed by atoms with Gasteiger partial charge in [-0.25, -0.2) is 0 Å². The Bertz CT molecular complexity index is 301. The molecule has 4 heteroatoms. The Balaban J connectivity index is 2.32. The zero-order chi connectivity index (χ0) is 12.1. The normalized spacial score (nSPS) is 13.4. The van der Waals surface area contributed by atoms with Gasteiger partial charge in [-0.15, -0.1) is 0 Å². The van der Waals surface area contributed by atoms with Gasteiger partial charge in [0.2, 0.25) is 0 Å². The summed E-state index contributed by atoms with van der Waals surface area (Å²) in [5.74, 6) is 0.754. The summed E-state index contributed by atoms with van der Waals surface area (Å²) in [7, 11) is 0. The van der Waals surface area contributed by atoms with Gasteiger partial charge >= 0.3 is 0 Å². The minimum absolute atomic E-state index is 0.346. The van der Waals surface area contributed by atoms with Crippen molar-refractivity contribution < 1.29 is 0 Å². The molecule has 0 aliphatic rings. The average molecular weight is 244 g/mol. The van der Waals surface area contributed by atoms with E-state index in [0.717, 1.165) is 29.7 Å². The van der Waals surface area contributed by atoms with Crippen LogP contribution in [0, 0.1) is 12.8 Å². The molecule has 16 heavy (non-hydrogen) atoms. The van der Waals surface area contributed by atoms with E-state index in [1.54, 1.807) is 0 Å². The molecule has 0 radical (unpaired) electrons. The van der Waals surface area contributed by atoms with Crippen molar-refractivity contribution in [2.24, 2.45) is 5.92 Å². The van der Waals surface area contributed by atoms with Crippen molar-refractivity contribution in [3.05, 3.63) is 16.9 Å². The van der Waals surface area contributed by atoms with Gasteiger partial charge in [0.05, 0.1) is 16.8 Å². The molecule has 0 fully saturated rings. The van der Waals surface area contributed by atoms with Crippen molar-refractivity contribution in [3.8, 4) is 0 Å². The molecule has 0 bridgehead atoms. The summed E-state index contributed by atoms with van der Waals surface area (Å²) >= 11 is 5.97. The van der Waals surface area contributed by atoms with Crippen molar-refractivity contribution in [1.82, 2.24) is 15.1 Å². The average Bonchev–Trinajstić information content (AvgIpc) is 2.54. The summed E-state index contributed by atoms with van der Waals surface area (Å²) in [6.45, 7) is 10.5. The number of nitrogens with zero attached hydrogens (tertiary/aromatic N) is 2. The van der Waals surface area contributed by atoms with Gasteiger partial charge in [-0.1, -0.05) is 25.4 Å². The van der Waals surface area contributed by atoms with Crippen LogP contribution in [0.3, 0.4) is 0 Å². The zero-order valence-corrected chi connectivity index (χ0v) is 11.4. The Labute approximate surface area is 103 Å². The first-order valence-corrected chi connectivity index (χ1v) is 6.30. The molecule has 1 aromatic rings. The van der Waals surface area contributed by atoms with Crippen LogP contribution in [0.4, 0.5) is 0 Å². The summed E-state index contributed by atoms with van der Waals surface area (Å²) in [5, 5.41) is 8.55. The molecule has 1 aromatic heterocycles. The highest BCUT2D eigenvalue weighted by molar-refractivity contribution is 6.31. The highest BCUT2D eigenvalue weighted by atomic mass is 35.5. The lowest BCUT2D eigenvalue weighted by atomic mass is 10.1. The standard InChI is InChI=1S/C12H22ClN3/c1-9(2)5-6-14-7-10(3)16-8-12(13)11(4)15-16/h8-10,14H,5-7H2,1-4H3. The van der Waals surface area contributed by atoms with Gasteiger partial charge in [0, 0.05) is 12.7 Å². The third-order valence-electron chi connectivity index (χ3n) is 2.65. The molecule has 0 amide bonds. The molecule has 1 atom stereocenters. The van der Waals surface area contributed by atoms with Crippen molar-refractivity contribution >= 4 is 11.6 Å². The quantitative estimate of drug-likeness (QED) is 0.779. The topological polar surface area (TPSA) is 29.9 Å². The van der Waals surface area contributed by atoms with Crippen LogP contribution < -0.4 is 5.32 Å². The van der Waals surface area contributed by atoms with Crippen LogP contribution in [0.1, 0.15) is 38.9 Å². The monoisotopic (exact) mass is 243 g/mol. The highest BCUT2D eigenvalue weighted by Gasteiger charge is 2.08. The molecule has 3 nitrogen and oxygen atoms in total. The fourth-order valence-corrected chi connectivity index (χ4v) is 1.62. The fourth-order valence-electron chi connectivity index (χ4n) is 1.48. The van der Waals surface area contributed by atoms with E-state index in [4.69, 9.17) is 11.6 Å². The minimum Gasteiger partial charge on any atom is -0.315 e. The number of hydrogen-bond acceptors (Lipinski definition) is 2. The van der Waals surface area contributed by atoms with Gasteiger partial charge in [-0.3, -0.25) is 4.68 Å². The summed E-state index contributed by atoms with van der Waals surface area (Å²) in [4.78, 5) is 0. The second kappa shape index (κ2) is 6.26. The van der Waals surface area contributed by atoms with Gasteiger partial charge in [0.15, 0.2) is 0 Å². The molecule has 1 rings (SSSR count). The second-order valence-corrected chi connectivity index (χ2v) is 5.19. The number of hydrogen-bond donors (Lipinski definition) is 1. The fraction of sp³-hybridized carbons (Fsp3) is 0.750. The molecule has 92 valence electrons. The summed E-state index contributed by atoms with van der Waals surface area (Å²) in [5.41, 5.74) is 0.899. The number of nitrogens with one attached hydrogen (secondary N) is 1. The third-order valence-corrected chi connectivity index (χ3v) is 3.02. The van der Waals surface area contributed by atoms with Gasteiger partial charge in [-0.05, 0) is 32.7 Å². The maximum Gasteiger partial charge on any atom is 0.0815 e. The molecule has 0 saturated carbocycles. The first-order valence-electron chi connectivity index (χ1n) is 5.92. The van der Waals surface area contributed by atoms with Gasteiger partial charge in [0.1, 0.15) is 0 Å². The van der Waals surface area contributed by atoms with Crippen molar-refractivity contribution in [1.29, 1.82) is 0 Å². The number of aromatic nitrogens is 2. The molecule has 1 unspecified atom stereocenters. The number of aryl methyl sites for hydroxylation is 1. The molecule has 0 aromatic carbocycles. The van der Waals surface area contributed by atoms with E-state index < -0.39 is 0 Å². The Hall–Kier alpha value is -0.540. The second-order valence-electron chi connectivity index (χ2n) is 4.78. The van der Waals surface area contributed by atoms with Gasteiger partial charge in [-0.2, -0.15) is 5.10 Å². The van der Waals surface area contributed by atoms with E-state index in [0.29, 0.717) is 6.04 Å². The van der Waals surface area contributed by atoms with Crippen LogP contribution in [0.5, 0.6) is 0 Å². The van der Waals surface area contributed by atoms with Crippen molar-refractivity contribution in [3.63, 3.8) is 0 Å². The molecule has 0 aliphatic carbocycles. The molecule has 0 aliphatic heterocycles. The predicted octanol–water partition coefficient (Wildman–Crippen LogP) is 3.04. The van der Waals surface area contributed by atoms with Gasteiger partial charge in [0.25, 0.3) is 0 Å². The number of rotatable bonds is 6. The lowest BCUT2D eigenvalue weighted by Crippen LogP contribution is -2.25. The Morgan fingerprint density at radius 1 is 1.44 bits per heavy atom. The molecule has 0 spiro atoms. The van der Waals surface area contributed by atoms with Gasteiger partial charge < -0.3 is 5.32 Å². The molecule has 1 N–H and O–H groups in total. The van der Waals surface area contributed by atoms with Crippen LogP contribution in [0.15, 0.2) is 6.20 Å². The minimum atomic E-state index is 0.346. The van der Waals surface area contributed by atoms with Crippen LogP contribution in [-0.2, 0) is 0 Å². The van der Waals surface area contributed by atoms with E-state index in [1.807, 2.05) is 17.8 Å². The Morgan fingerprint density at radius 3 is 2.62 bits per heavy atom. The van der Waals surface area contributed by atoms with E-state index in [1.165, 1.54) is 6.42 Å². The molecular weight excluding hydrogens is 222 g/mol. The van der Waals surface area contributed by atoms with Crippen LogP contribution in [0.25, 0.3) is 0 Å². The summed E-state index contributed by atoms with van der Waals surface area (Å²) in [6, 6.07) is 0.346.